The van der Waals surface area contributed by atoms with Crippen LogP contribution in [-0.2, 0) is 11.8 Å². The summed E-state index contributed by atoms with van der Waals surface area (Å²) in [6.07, 6.45) is 3.41. The predicted molar refractivity (Wildman–Crippen MR) is 98.5 cm³/mol. The normalized spacial score (nSPS) is 24.8. The fraction of sp³-hybridized carbons (Fsp3) is 0.333. The lowest BCUT2D eigenvalue weighted by atomic mass is 9.68. The van der Waals surface area contributed by atoms with Crippen LogP contribution in [0.5, 0.6) is 0 Å². The summed E-state index contributed by atoms with van der Waals surface area (Å²) in [6, 6.07) is 15.6. The van der Waals surface area contributed by atoms with Crippen molar-refractivity contribution in [2.24, 2.45) is 0 Å². The summed E-state index contributed by atoms with van der Waals surface area (Å²) < 4.78 is 14.7. The van der Waals surface area contributed by atoms with Gasteiger partial charge < -0.3 is 9.88 Å². The summed E-state index contributed by atoms with van der Waals surface area (Å²) in [5.74, 6) is 0.425. The molecule has 2 aliphatic rings. The van der Waals surface area contributed by atoms with E-state index < -0.39 is 5.41 Å². The zero-order chi connectivity index (χ0) is 17.7. The van der Waals surface area contributed by atoms with Crippen molar-refractivity contribution in [1.29, 1.82) is 5.26 Å². The summed E-state index contributed by atoms with van der Waals surface area (Å²) in [6.45, 7) is 0.852. The molecule has 1 saturated heterocycles. The van der Waals surface area contributed by atoms with E-state index in [4.69, 9.17) is 4.98 Å². The number of nitriles is 1. The summed E-state index contributed by atoms with van der Waals surface area (Å²) in [5, 5.41) is 10.3. The Morgan fingerprint density at radius 3 is 2.92 bits per heavy atom. The lowest BCUT2D eigenvalue weighted by molar-refractivity contribution is 0.310. The highest BCUT2D eigenvalue weighted by Gasteiger charge is 2.51. The first-order chi connectivity index (χ1) is 12.7. The Labute approximate surface area is 151 Å². The van der Waals surface area contributed by atoms with Gasteiger partial charge in [0.25, 0.3) is 0 Å². The molecule has 2 aliphatic heterocycles. The molecule has 0 bridgehead atoms. The van der Waals surface area contributed by atoms with Crippen LogP contribution in [0.25, 0.3) is 11.0 Å². The standard InChI is InChI=1S/C21H19FN4/c22-15-6-5-9-18-14(15)12-21(13-23,19-10-3-4-11-26(18)19)20-24-16-7-1-2-8-17(16)25-20/h1-2,5-9,19H,3-4,10-12H2,(H,24,25)/t19-,21+/m0/s1. The second kappa shape index (κ2) is 5.57. The second-order valence-corrected chi connectivity index (χ2v) is 7.30. The van der Waals surface area contributed by atoms with Crippen LogP contribution >= 0.6 is 0 Å². The van der Waals surface area contributed by atoms with Crippen molar-refractivity contribution in [2.75, 3.05) is 11.4 Å². The Morgan fingerprint density at radius 1 is 1.19 bits per heavy atom. The summed E-state index contributed by atoms with van der Waals surface area (Å²) in [5.41, 5.74) is 2.47. The molecule has 0 spiro atoms. The van der Waals surface area contributed by atoms with E-state index in [0.29, 0.717) is 17.8 Å². The number of H-pyrrole nitrogens is 1. The van der Waals surface area contributed by atoms with Crippen LogP contribution in [0.1, 0.15) is 30.7 Å². The van der Waals surface area contributed by atoms with Gasteiger partial charge in [-0.1, -0.05) is 18.2 Å². The van der Waals surface area contributed by atoms with Crippen LogP contribution in [0.15, 0.2) is 42.5 Å². The van der Waals surface area contributed by atoms with Crippen molar-refractivity contribution in [1.82, 2.24) is 9.97 Å². The van der Waals surface area contributed by atoms with Crippen molar-refractivity contribution in [3.8, 4) is 6.07 Å². The zero-order valence-electron chi connectivity index (χ0n) is 14.4. The maximum absolute atomic E-state index is 14.7. The average Bonchev–Trinajstić information content (AvgIpc) is 3.12. The van der Waals surface area contributed by atoms with Crippen LogP contribution in [0.4, 0.5) is 10.1 Å². The number of nitrogens with one attached hydrogen (secondary N) is 1. The van der Waals surface area contributed by atoms with Crippen LogP contribution in [0.3, 0.4) is 0 Å². The van der Waals surface area contributed by atoms with E-state index in [9.17, 15) is 9.65 Å². The van der Waals surface area contributed by atoms with Crippen molar-refractivity contribution >= 4 is 16.7 Å². The molecule has 26 heavy (non-hydrogen) atoms. The van der Waals surface area contributed by atoms with Gasteiger partial charge in [-0.15, -0.1) is 0 Å². The number of aromatic amines is 1. The fourth-order valence-corrected chi connectivity index (χ4v) is 4.69. The Bertz CT molecular complexity index is 1000. The van der Waals surface area contributed by atoms with Crippen molar-refractivity contribution < 1.29 is 4.39 Å². The van der Waals surface area contributed by atoms with Gasteiger partial charge in [-0.25, -0.2) is 9.37 Å². The average molecular weight is 346 g/mol. The minimum atomic E-state index is -0.866. The zero-order valence-corrected chi connectivity index (χ0v) is 14.4. The van der Waals surface area contributed by atoms with Gasteiger partial charge in [0.15, 0.2) is 0 Å². The van der Waals surface area contributed by atoms with Crippen LogP contribution in [0.2, 0.25) is 0 Å². The molecule has 3 heterocycles. The number of benzene rings is 2. The van der Waals surface area contributed by atoms with Gasteiger partial charge in [0.1, 0.15) is 17.1 Å². The Balaban J connectivity index is 1.74. The minimum Gasteiger partial charge on any atom is -0.366 e. The maximum atomic E-state index is 14.7. The number of aromatic nitrogens is 2. The highest BCUT2D eigenvalue weighted by atomic mass is 19.1. The van der Waals surface area contributed by atoms with E-state index in [1.807, 2.05) is 30.3 Å². The largest absolute Gasteiger partial charge is 0.366 e. The third-order valence-corrected chi connectivity index (χ3v) is 5.94. The summed E-state index contributed by atoms with van der Waals surface area (Å²) in [4.78, 5) is 10.3. The number of nitrogens with zero attached hydrogens (tertiary/aromatic N) is 3. The Morgan fingerprint density at radius 2 is 2.08 bits per heavy atom. The van der Waals surface area contributed by atoms with Gasteiger partial charge in [0.05, 0.1) is 23.1 Å². The van der Waals surface area contributed by atoms with E-state index in [-0.39, 0.29) is 11.9 Å². The smallest absolute Gasteiger partial charge is 0.139 e. The number of hydrogen-bond acceptors (Lipinski definition) is 3. The number of imidazole rings is 1. The van der Waals surface area contributed by atoms with Gasteiger partial charge in [0, 0.05) is 24.2 Å². The van der Waals surface area contributed by atoms with Crippen molar-refractivity contribution in [3.63, 3.8) is 0 Å². The lowest BCUT2D eigenvalue weighted by Gasteiger charge is -2.49. The van der Waals surface area contributed by atoms with E-state index in [2.05, 4.69) is 16.0 Å². The third-order valence-electron chi connectivity index (χ3n) is 5.94. The first kappa shape index (κ1) is 15.4. The van der Waals surface area contributed by atoms with E-state index in [1.54, 1.807) is 6.07 Å². The number of piperidine rings is 1. The first-order valence-electron chi connectivity index (χ1n) is 9.13. The number of halogens is 1. The minimum absolute atomic E-state index is 0.0103. The molecule has 1 N–H and O–H groups in total. The van der Waals surface area contributed by atoms with Crippen LogP contribution < -0.4 is 4.90 Å². The quantitative estimate of drug-likeness (QED) is 0.722. The fourth-order valence-electron chi connectivity index (χ4n) is 4.69. The van der Waals surface area contributed by atoms with Crippen LogP contribution in [-0.4, -0.2) is 22.6 Å². The second-order valence-electron chi connectivity index (χ2n) is 7.30. The molecular weight excluding hydrogens is 327 g/mol. The summed E-state index contributed by atoms with van der Waals surface area (Å²) >= 11 is 0. The Kier molecular flexibility index (Phi) is 3.30. The van der Waals surface area contributed by atoms with E-state index in [0.717, 1.165) is 42.5 Å². The molecule has 130 valence electrons. The molecule has 4 nitrogen and oxygen atoms in total. The number of rotatable bonds is 1. The number of anilines is 1. The number of hydrogen-bond donors (Lipinski definition) is 1. The molecular formula is C21H19FN4. The third kappa shape index (κ3) is 2.02. The predicted octanol–water partition coefficient (Wildman–Crippen LogP) is 4.08. The molecule has 0 aliphatic carbocycles. The van der Waals surface area contributed by atoms with Crippen molar-refractivity contribution in [3.05, 3.63) is 59.7 Å². The maximum Gasteiger partial charge on any atom is 0.139 e. The van der Waals surface area contributed by atoms with Gasteiger partial charge in [-0.2, -0.15) is 5.26 Å². The molecule has 2 atom stereocenters. The SMILES string of the molecule is N#C[C@]1(c2nc3ccccc3[nH]2)Cc2c(F)cccc2N2CCCC[C@H]21. The van der Waals surface area contributed by atoms with E-state index >= 15 is 0 Å². The molecule has 0 saturated carbocycles. The molecule has 2 aromatic carbocycles. The van der Waals surface area contributed by atoms with E-state index in [1.165, 1.54) is 6.07 Å². The van der Waals surface area contributed by atoms with Gasteiger partial charge in [-0.05, 0) is 43.5 Å². The highest BCUT2D eigenvalue weighted by Crippen LogP contribution is 2.46. The van der Waals surface area contributed by atoms with Gasteiger partial charge in [-0.3, -0.25) is 0 Å². The molecule has 1 fully saturated rings. The van der Waals surface area contributed by atoms with Gasteiger partial charge >= 0.3 is 0 Å². The summed E-state index contributed by atoms with van der Waals surface area (Å²) in [7, 11) is 0. The Hall–Kier alpha value is -2.87. The number of para-hydroxylation sites is 2. The monoisotopic (exact) mass is 346 g/mol. The molecule has 5 heteroatoms. The van der Waals surface area contributed by atoms with Crippen LogP contribution in [0, 0.1) is 17.1 Å². The first-order valence-corrected chi connectivity index (χ1v) is 9.13. The molecule has 0 unspecified atom stereocenters. The molecule has 1 aromatic heterocycles. The lowest BCUT2D eigenvalue weighted by Crippen LogP contribution is -2.57. The molecule has 3 aromatic rings. The molecule has 0 radical (unpaired) electrons. The molecule has 0 amide bonds. The topological polar surface area (TPSA) is 55.7 Å². The number of fused-ring (bicyclic) bond motifs is 4. The highest BCUT2D eigenvalue weighted by molar-refractivity contribution is 5.75. The van der Waals surface area contributed by atoms with Gasteiger partial charge in [0.2, 0.25) is 0 Å². The van der Waals surface area contributed by atoms with Crippen molar-refractivity contribution in [2.45, 2.75) is 37.1 Å². The molecule has 5 rings (SSSR count).